The molecule has 0 radical (unpaired) electrons. The zero-order valence-electron chi connectivity index (χ0n) is 11.5. The van der Waals surface area contributed by atoms with Crippen LogP contribution >= 0.6 is 0 Å². The molecule has 0 heterocycles. The van der Waals surface area contributed by atoms with Crippen molar-refractivity contribution in [2.24, 2.45) is 0 Å². The first-order valence-corrected chi connectivity index (χ1v) is 6.24. The topological polar surface area (TPSA) is 69.6 Å². The van der Waals surface area contributed by atoms with E-state index in [0.717, 1.165) is 5.69 Å². The van der Waals surface area contributed by atoms with Crippen LogP contribution in [0.3, 0.4) is 0 Å². The van der Waals surface area contributed by atoms with Crippen molar-refractivity contribution in [3.8, 4) is 0 Å². The molecular formula is C14H20N2O3. The van der Waals surface area contributed by atoms with Crippen LogP contribution in [-0.4, -0.2) is 37.1 Å². The van der Waals surface area contributed by atoms with E-state index in [9.17, 15) is 9.59 Å². The molecule has 0 fully saturated rings. The van der Waals surface area contributed by atoms with Crippen LogP contribution in [0, 0.1) is 0 Å². The number of carbonyl (C=O) groups excluding carboxylic acids is 1. The van der Waals surface area contributed by atoms with Crippen molar-refractivity contribution < 1.29 is 14.7 Å². The van der Waals surface area contributed by atoms with Crippen molar-refractivity contribution in [1.82, 2.24) is 5.32 Å². The van der Waals surface area contributed by atoms with E-state index in [1.165, 1.54) is 0 Å². The molecule has 0 saturated carbocycles. The Bertz CT molecular complexity index is 458. The molecule has 0 aliphatic heterocycles. The number of nitrogens with one attached hydrogen (secondary N) is 1. The second-order valence-electron chi connectivity index (χ2n) is 4.62. The zero-order valence-corrected chi connectivity index (χ0v) is 11.5. The van der Waals surface area contributed by atoms with E-state index in [2.05, 4.69) is 5.32 Å². The van der Waals surface area contributed by atoms with Gasteiger partial charge in [-0.3, -0.25) is 9.59 Å². The number of carboxylic acid groups (broad SMARTS) is 1. The molecular weight excluding hydrogens is 244 g/mol. The van der Waals surface area contributed by atoms with Crippen LogP contribution in [0.2, 0.25) is 0 Å². The number of hydrogen-bond acceptors (Lipinski definition) is 3. The lowest BCUT2D eigenvalue weighted by Crippen LogP contribution is -2.36. The number of benzene rings is 1. The quantitative estimate of drug-likeness (QED) is 0.821. The third-order valence-electron chi connectivity index (χ3n) is 2.87. The van der Waals surface area contributed by atoms with E-state index < -0.39 is 5.97 Å². The third kappa shape index (κ3) is 4.62. The number of hydrogen-bond donors (Lipinski definition) is 2. The highest BCUT2D eigenvalue weighted by Gasteiger charge is 2.15. The number of anilines is 1. The molecule has 0 aromatic heterocycles. The van der Waals surface area contributed by atoms with Crippen LogP contribution in [0.15, 0.2) is 24.3 Å². The molecule has 104 valence electrons. The van der Waals surface area contributed by atoms with Crippen LogP contribution in [-0.2, 0) is 4.79 Å². The first-order chi connectivity index (χ1) is 8.93. The number of aliphatic carboxylic acids is 1. The predicted molar refractivity (Wildman–Crippen MR) is 74.6 cm³/mol. The van der Waals surface area contributed by atoms with Crippen molar-refractivity contribution in [1.29, 1.82) is 0 Å². The summed E-state index contributed by atoms with van der Waals surface area (Å²) in [5, 5.41) is 11.5. The highest BCUT2D eigenvalue weighted by Crippen LogP contribution is 2.13. The van der Waals surface area contributed by atoms with E-state index in [0.29, 0.717) is 12.0 Å². The minimum absolute atomic E-state index is 0.0599. The van der Waals surface area contributed by atoms with Crippen LogP contribution in [0.1, 0.15) is 30.1 Å². The first kappa shape index (κ1) is 15.0. The Morgan fingerprint density at radius 3 is 2.58 bits per heavy atom. The van der Waals surface area contributed by atoms with Crippen LogP contribution in [0.4, 0.5) is 5.69 Å². The molecule has 2 N–H and O–H groups in total. The summed E-state index contributed by atoms with van der Waals surface area (Å²) < 4.78 is 0. The Labute approximate surface area is 113 Å². The molecule has 1 atom stereocenters. The fraction of sp³-hybridized carbons (Fsp3) is 0.429. The van der Waals surface area contributed by atoms with Gasteiger partial charge < -0.3 is 15.3 Å². The molecule has 0 bridgehead atoms. The minimum Gasteiger partial charge on any atom is -0.481 e. The van der Waals surface area contributed by atoms with Gasteiger partial charge in [0.15, 0.2) is 0 Å². The summed E-state index contributed by atoms with van der Waals surface area (Å²) in [5.41, 5.74) is 1.47. The average Bonchev–Trinajstić information content (AvgIpc) is 2.37. The smallest absolute Gasteiger partial charge is 0.305 e. The van der Waals surface area contributed by atoms with E-state index in [1.54, 1.807) is 12.1 Å². The Morgan fingerprint density at radius 1 is 1.37 bits per heavy atom. The minimum atomic E-state index is -0.908. The van der Waals surface area contributed by atoms with Crippen LogP contribution in [0.25, 0.3) is 0 Å². The summed E-state index contributed by atoms with van der Waals surface area (Å²) in [6.45, 7) is 1.85. The molecule has 0 saturated heterocycles. The summed E-state index contributed by atoms with van der Waals surface area (Å²) in [5.74, 6) is -1.15. The highest BCUT2D eigenvalue weighted by molar-refractivity contribution is 5.95. The van der Waals surface area contributed by atoms with Crippen molar-refractivity contribution in [2.75, 3.05) is 19.0 Å². The number of carboxylic acids is 1. The second-order valence-corrected chi connectivity index (χ2v) is 4.62. The summed E-state index contributed by atoms with van der Waals surface area (Å²) in [7, 11) is 3.80. The van der Waals surface area contributed by atoms with Gasteiger partial charge in [-0.15, -0.1) is 0 Å². The van der Waals surface area contributed by atoms with Gasteiger partial charge in [-0.2, -0.15) is 0 Å². The largest absolute Gasteiger partial charge is 0.481 e. The maximum absolute atomic E-state index is 12.0. The Kier molecular flexibility index (Phi) is 5.36. The van der Waals surface area contributed by atoms with E-state index >= 15 is 0 Å². The van der Waals surface area contributed by atoms with Crippen molar-refractivity contribution in [3.63, 3.8) is 0 Å². The summed E-state index contributed by atoms with van der Waals surface area (Å²) in [4.78, 5) is 24.6. The number of amides is 1. The monoisotopic (exact) mass is 264 g/mol. The SMILES string of the molecule is CCC(CC(=O)O)NC(=O)c1cccc(N(C)C)c1. The Balaban J connectivity index is 2.76. The fourth-order valence-corrected chi connectivity index (χ4v) is 1.70. The third-order valence-corrected chi connectivity index (χ3v) is 2.87. The molecule has 0 aliphatic rings. The second kappa shape index (κ2) is 6.78. The molecule has 0 spiro atoms. The van der Waals surface area contributed by atoms with Gasteiger partial charge in [-0.05, 0) is 24.6 Å². The number of carbonyl (C=O) groups is 2. The van der Waals surface area contributed by atoms with Gasteiger partial charge in [0, 0.05) is 31.4 Å². The summed E-state index contributed by atoms with van der Waals surface area (Å²) in [6, 6.07) is 6.87. The molecule has 1 unspecified atom stereocenters. The lowest BCUT2D eigenvalue weighted by Gasteiger charge is -2.16. The standard InChI is InChI=1S/C14H20N2O3/c1-4-11(9-13(17)18)15-14(19)10-6-5-7-12(8-10)16(2)3/h5-8,11H,4,9H2,1-3H3,(H,15,19)(H,17,18). The lowest BCUT2D eigenvalue weighted by atomic mass is 10.1. The van der Waals surface area contributed by atoms with E-state index in [1.807, 2.05) is 38.1 Å². The average molecular weight is 264 g/mol. The highest BCUT2D eigenvalue weighted by atomic mass is 16.4. The van der Waals surface area contributed by atoms with Crippen molar-refractivity contribution in [2.45, 2.75) is 25.8 Å². The molecule has 1 rings (SSSR count). The van der Waals surface area contributed by atoms with Crippen LogP contribution < -0.4 is 10.2 Å². The first-order valence-electron chi connectivity index (χ1n) is 6.24. The number of rotatable bonds is 6. The van der Waals surface area contributed by atoms with Gasteiger partial charge in [0.05, 0.1) is 6.42 Å². The molecule has 1 amide bonds. The summed E-state index contributed by atoms with van der Waals surface area (Å²) >= 11 is 0. The Morgan fingerprint density at radius 2 is 2.05 bits per heavy atom. The molecule has 5 nitrogen and oxygen atoms in total. The van der Waals surface area contributed by atoms with Crippen molar-refractivity contribution >= 4 is 17.6 Å². The maximum atomic E-state index is 12.0. The summed E-state index contributed by atoms with van der Waals surface area (Å²) in [6.07, 6.45) is 0.529. The van der Waals surface area contributed by atoms with Crippen LogP contribution in [0.5, 0.6) is 0 Å². The maximum Gasteiger partial charge on any atom is 0.305 e. The van der Waals surface area contributed by atoms with Crippen molar-refractivity contribution in [3.05, 3.63) is 29.8 Å². The van der Waals surface area contributed by atoms with Gasteiger partial charge in [-0.25, -0.2) is 0 Å². The van der Waals surface area contributed by atoms with Gasteiger partial charge in [0.1, 0.15) is 0 Å². The van der Waals surface area contributed by atoms with E-state index in [4.69, 9.17) is 5.11 Å². The van der Waals surface area contributed by atoms with Gasteiger partial charge in [0.25, 0.3) is 5.91 Å². The lowest BCUT2D eigenvalue weighted by molar-refractivity contribution is -0.137. The van der Waals surface area contributed by atoms with Gasteiger partial charge in [-0.1, -0.05) is 13.0 Å². The van der Waals surface area contributed by atoms with E-state index in [-0.39, 0.29) is 18.4 Å². The molecule has 1 aromatic rings. The van der Waals surface area contributed by atoms with Gasteiger partial charge >= 0.3 is 5.97 Å². The fourth-order valence-electron chi connectivity index (χ4n) is 1.70. The predicted octanol–water partition coefficient (Wildman–Crippen LogP) is 1.74. The normalized spacial score (nSPS) is 11.7. The molecule has 5 heteroatoms. The number of nitrogens with zero attached hydrogens (tertiary/aromatic N) is 1. The zero-order chi connectivity index (χ0) is 14.4. The molecule has 1 aromatic carbocycles. The Hall–Kier alpha value is -2.04. The molecule has 0 aliphatic carbocycles. The molecule has 19 heavy (non-hydrogen) atoms. The van der Waals surface area contributed by atoms with Gasteiger partial charge in [0.2, 0.25) is 0 Å².